The zero-order valence-corrected chi connectivity index (χ0v) is 30.1. The summed E-state index contributed by atoms with van der Waals surface area (Å²) in [6, 6.07) is 16.6. The van der Waals surface area contributed by atoms with Gasteiger partial charge < -0.3 is 10.2 Å². The lowest BCUT2D eigenvalue weighted by Gasteiger charge is -2.21. The van der Waals surface area contributed by atoms with Crippen molar-refractivity contribution in [2.45, 2.75) is 82.7 Å². The smallest absolute Gasteiger partial charge is 0.321 e. The van der Waals surface area contributed by atoms with Gasteiger partial charge in [0.1, 0.15) is 17.4 Å². The number of carbonyl (C=O) groups excluding carboxylic acids is 3. The fraction of sp³-hybridized carbons (Fsp3) is 0.436. The van der Waals surface area contributed by atoms with Gasteiger partial charge in [0.05, 0.1) is 22.6 Å². The van der Waals surface area contributed by atoms with Crippen LogP contribution in [0.15, 0.2) is 71.7 Å². The molecule has 0 radical (unpaired) electrons. The molecule has 53 heavy (non-hydrogen) atoms. The molecular formula is C39H46F2N8O4. The second-order valence-corrected chi connectivity index (χ2v) is 13.9. The average Bonchev–Trinajstić information content (AvgIpc) is 3.71. The maximum absolute atomic E-state index is 12.8. The minimum absolute atomic E-state index is 0.0363. The van der Waals surface area contributed by atoms with Gasteiger partial charge in [0, 0.05) is 30.7 Å². The Balaban J connectivity index is 0.000000159. The molecule has 1 saturated carbocycles. The number of para-hydroxylation sites is 2. The molecule has 3 aliphatic rings. The van der Waals surface area contributed by atoms with E-state index in [0.717, 1.165) is 29.3 Å². The van der Waals surface area contributed by atoms with E-state index in [-0.39, 0.29) is 23.7 Å². The standard InChI is InChI=1S/C20H20F2N4O.C13H13N3O3.C6H13N/c21-19(22)17-7-4-8-18(24-17)20(27)23-14-9-10-16-13(11-14)12-26(25-16)15-5-2-1-3-6-15;1-15-8-4-2-3-5-9(8)16(13(15)19)10-6-7-11(17)14-12(10)18;1-7-5-3-2-4-6-7/h4,7-12,15,19H,1-3,5-6H2,(H,23,27);2-5,10H,6-7H2,1H3,(H,14,17,18);2-6H2,1H3. The van der Waals surface area contributed by atoms with Crippen molar-refractivity contribution in [1.82, 2.24) is 34.1 Å². The molecule has 1 unspecified atom stereocenters. The second kappa shape index (κ2) is 17.1. The maximum Gasteiger partial charge on any atom is 0.329 e. The summed E-state index contributed by atoms with van der Waals surface area (Å²) in [4.78, 5) is 53.8. The molecule has 1 atom stereocenters. The van der Waals surface area contributed by atoms with Crippen LogP contribution in [0.25, 0.3) is 21.9 Å². The number of carbonyl (C=O) groups is 3. The molecule has 2 aliphatic heterocycles. The molecule has 8 rings (SSSR count). The van der Waals surface area contributed by atoms with Crippen molar-refractivity contribution < 1.29 is 23.2 Å². The third kappa shape index (κ3) is 9.05. The Morgan fingerprint density at radius 3 is 2.26 bits per heavy atom. The van der Waals surface area contributed by atoms with Gasteiger partial charge in [0.15, 0.2) is 0 Å². The lowest BCUT2D eigenvalue weighted by atomic mass is 9.96. The summed E-state index contributed by atoms with van der Waals surface area (Å²) < 4.78 is 30.5. The molecule has 5 heterocycles. The number of rotatable bonds is 5. The zero-order valence-electron chi connectivity index (χ0n) is 30.1. The molecular weight excluding hydrogens is 682 g/mol. The first-order valence-corrected chi connectivity index (χ1v) is 18.3. The summed E-state index contributed by atoms with van der Waals surface area (Å²) in [5.74, 6) is -1.21. The number of fused-ring (bicyclic) bond motifs is 2. The van der Waals surface area contributed by atoms with Crippen molar-refractivity contribution in [3.63, 3.8) is 0 Å². The van der Waals surface area contributed by atoms with Gasteiger partial charge >= 0.3 is 5.69 Å². The Hall–Kier alpha value is -5.24. The lowest BCUT2D eigenvalue weighted by molar-refractivity contribution is -0.135. The molecule has 1 aliphatic carbocycles. The normalized spacial score (nSPS) is 18.2. The van der Waals surface area contributed by atoms with Crippen molar-refractivity contribution in [3.05, 3.63) is 88.7 Å². The van der Waals surface area contributed by atoms with E-state index in [9.17, 15) is 28.0 Å². The van der Waals surface area contributed by atoms with Crippen molar-refractivity contribution in [1.29, 1.82) is 0 Å². The van der Waals surface area contributed by atoms with Gasteiger partial charge in [-0.25, -0.2) is 18.6 Å². The molecule has 3 fully saturated rings. The summed E-state index contributed by atoms with van der Waals surface area (Å²) in [6.45, 7) is 2.64. The number of alkyl halides is 2. The number of imidazole rings is 1. The van der Waals surface area contributed by atoms with E-state index < -0.39 is 30.0 Å². The number of hydrogen-bond donors (Lipinski definition) is 2. The Bertz CT molecular complexity index is 2130. The molecule has 2 N–H and O–H groups in total. The number of nitrogens with one attached hydrogen (secondary N) is 2. The SMILES string of the molecule is CN1CCCCC1.Cn1c(=O)n(C2CCC(=O)NC2=O)c2ccccc21.O=C(Nc1ccc2nn(C3CCCCC3)cc2c1)c1cccc(C(F)F)n1. The minimum atomic E-state index is -2.71. The Morgan fingerprint density at radius 2 is 1.58 bits per heavy atom. The van der Waals surface area contributed by atoms with Crippen LogP contribution in [0.4, 0.5) is 14.5 Å². The van der Waals surface area contributed by atoms with Crippen LogP contribution in [0, 0.1) is 0 Å². The predicted molar refractivity (Wildman–Crippen MR) is 199 cm³/mol. The molecule has 3 aromatic heterocycles. The summed E-state index contributed by atoms with van der Waals surface area (Å²) >= 11 is 0. The molecule has 14 heteroatoms. The van der Waals surface area contributed by atoms with E-state index in [1.807, 2.05) is 41.2 Å². The van der Waals surface area contributed by atoms with Crippen molar-refractivity contribution in [2.24, 2.45) is 7.05 Å². The highest BCUT2D eigenvalue weighted by molar-refractivity contribution is 6.04. The quantitative estimate of drug-likeness (QED) is 0.196. The van der Waals surface area contributed by atoms with Gasteiger partial charge in [-0.2, -0.15) is 5.10 Å². The van der Waals surface area contributed by atoms with Crippen molar-refractivity contribution in [2.75, 3.05) is 25.5 Å². The monoisotopic (exact) mass is 728 g/mol. The third-order valence-electron chi connectivity index (χ3n) is 10.1. The fourth-order valence-electron chi connectivity index (χ4n) is 7.15. The van der Waals surface area contributed by atoms with E-state index in [0.29, 0.717) is 23.7 Å². The number of nitrogens with zero attached hydrogens (tertiary/aromatic N) is 6. The Morgan fingerprint density at radius 1 is 0.868 bits per heavy atom. The Labute approximate surface area is 306 Å². The van der Waals surface area contributed by atoms with Crippen LogP contribution >= 0.6 is 0 Å². The number of hydrogen-bond acceptors (Lipinski definition) is 7. The van der Waals surface area contributed by atoms with Crippen LogP contribution in [0.1, 0.15) is 98.9 Å². The first kappa shape index (κ1) is 37.5. The molecule has 280 valence electrons. The number of likely N-dealkylation sites (tertiary alicyclic amines) is 1. The maximum atomic E-state index is 12.8. The number of benzene rings is 2. The lowest BCUT2D eigenvalue weighted by Crippen LogP contribution is -2.44. The molecule has 2 saturated heterocycles. The number of amides is 3. The number of piperidine rings is 2. The number of pyridine rings is 1. The van der Waals surface area contributed by atoms with Crippen molar-refractivity contribution >= 4 is 45.3 Å². The number of aromatic nitrogens is 5. The highest BCUT2D eigenvalue weighted by atomic mass is 19.3. The van der Waals surface area contributed by atoms with Crippen LogP contribution < -0.4 is 16.3 Å². The first-order valence-electron chi connectivity index (χ1n) is 18.3. The molecule has 0 spiro atoms. The summed E-state index contributed by atoms with van der Waals surface area (Å²) in [7, 11) is 3.87. The summed E-state index contributed by atoms with van der Waals surface area (Å²) in [5, 5.41) is 10.6. The second-order valence-electron chi connectivity index (χ2n) is 13.9. The zero-order chi connectivity index (χ0) is 37.5. The third-order valence-corrected chi connectivity index (χ3v) is 10.1. The number of aryl methyl sites for hydroxylation is 1. The highest BCUT2D eigenvalue weighted by Crippen LogP contribution is 2.30. The van der Waals surface area contributed by atoms with E-state index in [1.54, 1.807) is 19.2 Å². The Kier molecular flexibility index (Phi) is 12.1. The van der Waals surface area contributed by atoms with Crippen LogP contribution in [0.2, 0.25) is 0 Å². The van der Waals surface area contributed by atoms with Gasteiger partial charge in [-0.15, -0.1) is 0 Å². The minimum Gasteiger partial charge on any atom is -0.321 e. The van der Waals surface area contributed by atoms with Gasteiger partial charge in [-0.3, -0.25) is 33.5 Å². The first-order chi connectivity index (χ1) is 25.6. The van der Waals surface area contributed by atoms with Crippen LogP contribution in [-0.4, -0.2) is 66.7 Å². The van der Waals surface area contributed by atoms with Crippen LogP contribution in [0.5, 0.6) is 0 Å². The van der Waals surface area contributed by atoms with Gasteiger partial charge in [0.25, 0.3) is 12.3 Å². The number of anilines is 1. The van der Waals surface area contributed by atoms with E-state index >= 15 is 0 Å². The van der Waals surface area contributed by atoms with Gasteiger partial charge in [0.2, 0.25) is 11.8 Å². The fourth-order valence-corrected chi connectivity index (χ4v) is 7.15. The topological polar surface area (TPSA) is 136 Å². The van der Waals surface area contributed by atoms with E-state index in [2.05, 4.69) is 32.7 Å². The van der Waals surface area contributed by atoms with Gasteiger partial charge in [-0.1, -0.05) is 43.9 Å². The highest BCUT2D eigenvalue weighted by Gasteiger charge is 2.31. The van der Waals surface area contributed by atoms with E-state index in [1.165, 1.54) is 78.9 Å². The molecule has 5 aromatic rings. The molecule has 12 nitrogen and oxygen atoms in total. The average molecular weight is 729 g/mol. The molecule has 3 amide bonds. The molecule has 2 aromatic carbocycles. The van der Waals surface area contributed by atoms with Crippen LogP contribution in [0.3, 0.4) is 0 Å². The largest absolute Gasteiger partial charge is 0.329 e. The summed E-state index contributed by atoms with van der Waals surface area (Å²) in [5.41, 5.74) is 2.26. The van der Waals surface area contributed by atoms with E-state index in [4.69, 9.17) is 0 Å². The summed E-state index contributed by atoms with van der Waals surface area (Å²) in [6.07, 6.45) is 10.2. The van der Waals surface area contributed by atoms with Crippen molar-refractivity contribution in [3.8, 4) is 0 Å². The van der Waals surface area contributed by atoms with Gasteiger partial charge in [-0.05, 0) is 94.7 Å². The van der Waals surface area contributed by atoms with Crippen LogP contribution in [-0.2, 0) is 16.6 Å². The molecule has 0 bridgehead atoms. The number of imide groups is 1. The number of halogens is 2. The predicted octanol–water partition coefficient (Wildman–Crippen LogP) is 6.55.